The molecular weight excluding hydrogens is 589 g/mol. The number of rotatable bonds is 29. The van der Waals surface area contributed by atoms with E-state index in [1.807, 2.05) is 6.66 Å². The first kappa shape index (κ1) is 41.0. The van der Waals surface area contributed by atoms with Gasteiger partial charge < -0.3 is 52.8 Å². The lowest BCUT2D eigenvalue weighted by atomic mass is 10.2. The first-order valence-corrected chi connectivity index (χ1v) is 16.7. The van der Waals surface area contributed by atoms with Gasteiger partial charge in [-0.25, -0.2) is 9.59 Å². The van der Waals surface area contributed by atoms with Gasteiger partial charge in [0.25, 0.3) is 0 Å². The second kappa shape index (κ2) is 28.8. The van der Waals surface area contributed by atoms with Crippen LogP contribution in [0.25, 0.3) is 0 Å². The van der Waals surface area contributed by atoms with Crippen molar-refractivity contribution in [1.29, 1.82) is 0 Å². The van der Waals surface area contributed by atoms with E-state index < -0.39 is 25.6 Å². The van der Waals surface area contributed by atoms with Crippen LogP contribution in [0.15, 0.2) is 0 Å². The van der Waals surface area contributed by atoms with Crippen LogP contribution in [0.3, 0.4) is 0 Å². The van der Waals surface area contributed by atoms with E-state index in [0.29, 0.717) is 52.6 Å². The molecule has 0 aliphatic rings. The molecule has 0 saturated carbocycles. The van der Waals surface area contributed by atoms with Gasteiger partial charge in [-0.15, -0.1) is 0 Å². The zero-order chi connectivity index (χ0) is 32.0. The first-order valence-electron chi connectivity index (χ1n) is 14.5. The molecule has 0 radical (unpaired) electrons. The molecular formula is C27H54N3O12P. The van der Waals surface area contributed by atoms with Gasteiger partial charge in [0.2, 0.25) is 5.91 Å². The molecule has 0 spiro atoms. The molecule has 0 aromatic heterocycles. The number of hydrogen-bond acceptors (Lipinski definition) is 12. The van der Waals surface area contributed by atoms with Gasteiger partial charge in [-0.1, -0.05) is 19.1 Å². The van der Waals surface area contributed by atoms with Gasteiger partial charge in [0.1, 0.15) is 33.4 Å². The van der Waals surface area contributed by atoms with Crippen LogP contribution in [-0.4, -0.2) is 138 Å². The molecule has 15 nitrogen and oxygen atoms in total. The van der Waals surface area contributed by atoms with Crippen molar-refractivity contribution in [2.75, 3.05) is 107 Å². The summed E-state index contributed by atoms with van der Waals surface area (Å²) in [7, 11) is 2.79. The third-order valence-electron chi connectivity index (χ3n) is 5.54. The highest BCUT2D eigenvalue weighted by molar-refractivity contribution is 7.63. The summed E-state index contributed by atoms with van der Waals surface area (Å²) in [6, 6.07) is 0. The van der Waals surface area contributed by atoms with E-state index >= 15 is 0 Å². The highest BCUT2D eigenvalue weighted by Crippen LogP contribution is 2.41. The quantitative estimate of drug-likeness (QED) is 0.0618. The third-order valence-corrected chi connectivity index (χ3v) is 7.05. The maximum absolute atomic E-state index is 12.2. The second-order valence-corrected chi connectivity index (χ2v) is 12.0. The predicted molar refractivity (Wildman–Crippen MR) is 163 cm³/mol. The summed E-state index contributed by atoms with van der Waals surface area (Å²) in [5.41, 5.74) is 0. The van der Waals surface area contributed by atoms with Crippen molar-refractivity contribution in [2.24, 2.45) is 0 Å². The van der Waals surface area contributed by atoms with E-state index in [1.54, 1.807) is 21.3 Å². The molecule has 0 aliphatic carbocycles. The number of carbonyl (C=O) groups is 3. The average molecular weight is 644 g/mol. The summed E-state index contributed by atoms with van der Waals surface area (Å²) in [5, 5.41) is 7.90. The third kappa shape index (κ3) is 28.6. The molecule has 254 valence electrons. The number of carbonyl (C=O) groups excluding carboxylic acids is 3. The highest BCUT2D eigenvalue weighted by atomic mass is 31.2. The lowest BCUT2D eigenvalue weighted by Gasteiger charge is -2.18. The van der Waals surface area contributed by atoms with Crippen molar-refractivity contribution < 1.29 is 56.6 Å². The van der Waals surface area contributed by atoms with E-state index in [1.165, 1.54) is 0 Å². The number of unbranched alkanes of at least 4 members (excludes halogenated alkanes) is 3. The fraction of sp³-hybridized carbons (Fsp3) is 0.852. The standard InChI is InChI=1S/C27H54N3O12P/c1-34-17-19-37-16-13-29-26(32)40-21-24(22-41-27(33)30-23-38-20-18-35-2)39-14-10-11-25(31)28-12-8-6-7-9-15-42-43(4,5)36-3/h24H,4,6-23H2,1-3,5H3,(H,28,31)(H,29,32)(H,30,33). The lowest BCUT2D eigenvalue weighted by Crippen LogP contribution is -2.35. The van der Waals surface area contributed by atoms with Gasteiger partial charge in [-0.3, -0.25) is 10.1 Å². The molecule has 0 rings (SSSR count). The molecule has 2 atom stereocenters. The minimum absolute atomic E-state index is 0.0475. The molecule has 0 fully saturated rings. The van der Waals surface area contributed by atoms with Gasteiger partial charge >= 0.3 is 12.2 Å². The SMILES string of the molecule is C=P(C)(OC)OCCCCCCNC(=O)CCCOC(COC(=O)NCCOCCOC)COC(=O)NCOCCOC. The minimum Gasteiger partial charge on any atom is -0.447 e. The number of ether oxygens (including phenoxy) is 7. The molecule has 0 heterocycles. The van der Waals surface area contributed by atoms with Crippen molar-refractivity contribution in [3.8, 4) is 0 Å². The predicted octanol–water partition coefficient (Wildman–Crippen LogP) is 2.14. The second-order valence-electron chi connectivity index (χ2n) is 9.34. The Morgan fingerprint density at radius 1 is 0.698 bits per heavy atom. The fourth-order valence-electron chi connectivity index (χ4n) is 3.07. The Morgan fingerprint density at radius 3 is 2.02 bits per heavy atom. The number of hydrogen-bond donors (Lipinski definition) is 3. The van der Waals surface area contributed by atoms with E-state index in [0.717, 1.165) is 25.7 Å². The molecule has 0 aromatic rings. The molecule has 2 unspecified atom stereocenters. The smallest absolute Gasteiger partial charge is 0.409 e. The van der Waals surface area contributed by atoms with Crippen molar-refractivity contribution >= 4 is 31.7 Å². The molecule has 16 heteroatoms. The monoisotopic (exact) mass is 643 g/mol. The van der Waals surface area contributed by atoms with Gasteiger partial charge in [0.15, 0.2) is 0 Å². The largest absolute Gasteiger partial charge is 0.447 e. The summed E-state index contributed by atoms with van der Waals surface area (Å²) in [6.07, 6.45) is 6.29. The molecule has 0 aromatic carbocycles. The zero-order valence-electron chi connectivity index (χ0n) is 26.4. The van der Waals surface area contributed by atoms with Crippen LogP contribution in [0.4, 0.5) is 9.59 Å². The van der Waals surface area contributed by atoms with Crippen LogP contribution in [0, 0.1) is 0 Å². The summed E-state index contributed by atoms with van der Waals surface area (Å²) in [5.74, 6) is -0.0753. The Kier molecular flexibility index (Phi) is 27.5. The Bertz CT molecular complexity index is 763. The van der Waals surface area contributed by atoms with Crippen LogP contribution in [0.5, 0.6) is 0 Å². The van der Waals surface area contributed by atoms with Crippen LogP contribution < -0.4 is 16.0 Å². The topological polar surface area (TPSA) is 170 Å². The molecule has 0 saturated heterocycles. The number of alkyl carbamates (subject to hydrolysis) is 2. The van der Waals surface area contributed by atoms with E-state index in [4.69, 9.17) is 42.2 Å². The minimum atomic E-state index is -1.93. The van der Waals surface area contributed by atoms with Crippen molar-refractivity contribution in [3.63, 3.8) is 0 Å². The Labute approximate surface area is 256 Å². The Balaban J connectivity index is 4.25. The first-order chi connectivity index (χ1) is 20.7. The summed E-state index contributed by atoms with van der Waals surface area (Å²) >= 11 is 0. The van der Waals surface area contributed by atoms with Crippen molar-refractivity contribution in [2.45, 2.75) is 44.6 Å². The van der Waals surface area contributed by atoms with Crippen LogP contribution in [-0.2, 0) is 47.0 Å². The zero-order valence-corrected chi connectivity index (χ0v) is 27.3. The van der Waals surface area contributed by atoms with Crippen molar-refractivity contribution in [3.05, 3.63) is 0 Å². The maximum Gasteiger partial charge on any atom is 0.409 e. The molecule has 0 aliphatic heterocycles. The number of methoxy groups -OCH3 is 2. The summed E-state index contributed by atoms with van der Waals surface area (Å²) in [6.45, 7) is 5.07. The lowest BCUT2D eigenvalue weighted by molar-refractivity contribution is -0.121. The van der Waals surface area contributed by atoms with Gasteiger partial charge in [0.05, 0.1) is 39.6 Å². The number of nitrogens with one attached hydrogen (secondary N) is 3. The van der Waals surface area contributed by atoms with E-state index in [-0.39, 0.29) is 45.4 Å². The van der Waals surface area contributed by atoms with Gasteiger partial charge in [0, 0.05) is 54.1 Å². The summed E-state index contributed by atoms with van der Waals surface area (Å²) in [4.78, 5) is 36.1. The molecule has 0 bridgehead atoms. The Morgan fingerprint density at radius 2 is 1.35 bits per heavy atom. The fourth-order valence-corrected chi connectivity index (χ4v) is 3.69. The highest BCUT2D eigenvalue weighted by Gasteiger charge is 2.16. The normalized spacial score (nSPS) is 13.1. The average Bonchev–Trinajstić information content (AvgIpc) is 2.99. The molecule has 3 amide bonds. The van der Waals surface area contributed by atoms with Crippen LogP contribution >= 0.6 is 7.34 Å². The van der Waals surface area contributed by atoms with E-state index in [9.17, 15) is 14.4 Å². The number of amides is 3. The van der Waals surface area contributed by atoms with Crippen molar-refractivity contribution in [1.82, 2.24) is 16.0 Å². The van der Waals surface area contributed by atoms with Gasteiger partial charge in [-0.05, 0) is 19.3 Å². The Hall–Kier alpha value is -1.97. The molecule has 3 N–H and O–H groups in total. The van der Waals surface area contributed by atoms with Gasteiger partial charge in [-0.2, -0.15) is 0 Å². The maximum atomic E-state index is 12.2. The van der Waals surface area contributed by atoms with Crippen LogP contribution in [0.1, 0.15) is 38.5 Å². The van der Waals surface area contributed by atoms with Crippen LogP contribution in [0.2, 0.25) is 0 Å². The summed E-state index contributed by atoms with van der Waals surface area (Å²) < 4.78 is 47.1. The van der Waals surface area contributed by atoms with E-state index in [2.05, 4.69) is 22.2 Å². The molecule has 43 heavy (non-hydrogen) atoms.